The average molecular weight is 345 g/mol. The minimum atomic E-state index is -0.254. The summed E-state index contributed by atoms with van der Waals surface area (Å²) in [5.41, 5.74) is 0.969. The number of rotatable bonds is 6. The van der Waals surface area contributed by atoms with Crippen LogP contribution in [0.5, 0.6) is 11.5 Å². The molecule has 25 heavy (non-hydrogen) atoms. The topological polar surface area (TPSA) is 69.9 Å². The van der Waals surface area contributed by atoms with E-state index < -0.39 is 0 Å². The second kappa shape index (κ2) is 7.61. The van der Waals surface area contributed by atoms with E-state index in [0.717, 1.165) is 11.3 Å². The number of carbonyl (C=O) groups is 1. The molecule has 1 aliphatic rings. The third kappa shape index (κ3) is 3.96. The van der Waals surface area contributed by atoms with Crippen LogP contribution in [0.25, 0.3) is 0 Å². The van der Waals surface area contributed by atoms with Gasteiger partial charge in [0.1, 0.15) is 25.6 Å². The van der Waals surface area contributed by atoms with Crippen molar-refractivity contribution in [2.24, 2.45) is 5.92 Å². The van der Waals surface area contributed by atoms with Gasteiger partial charge in [-0.15, -0.1) is 0 Å². The number of hydrogen-bond donors (Lipinski definition) is 1. The lowest BCUT2D eigenvalue weighted by atomic mass is 9.95. The van der Waals surface area contributed by atoms with Crippen LogP contribution in [0.2, 0.25) is 0 Å². The fraction of sp³-hybridized carbons (Fsp3) is 0.421. The van der Waals surface area contributed by atoms with Crippen LogP contribution in [0.4, 0.5) is 0 Å². The number of nitrogens with one attached hydrogen (secondary N) is 1. The van der Waals surface area contributed by atoms with Crippen molar-refractivity contribution in [2.45, 2.75) is 26.5 Å². The molecule has 1 atom stereocenters. The predicted octanol–water partition coefficient (Wildman–Crippen LogP) is 3.32. The quantitative estimate of drug-likeness (QED) is 0.870. The molecule has 1 aliphatic heterocycles. The minimum absolute atomic E-state index is 0.167. The molecule has 6 nitrogen and oxygen atoms in total. The number of benzene rings is 1. The SMILES string of the molecule is COCc1ccc(C(=O)NC(c2ccc3c(c2)OCCO3)C(C)C)o1. The number of carbonyl (C=O) groups excluding carboxylic acids is 1. The highest BCUT2D eigenvalue weighted by Gasteiger charge is 2.23. The van der Waals surface area contributed by atoms with Crippen molar-refractivity contribution in [3.8, 4) is 11.5 Å². The summed E-state index contributed by atoms with van der Waals surface area (Å²) in [7, 11) is 1.58. The summed E-state index contributed by atoms with van der Waals surface area (Å²) >= 11 is 0. The van der Waals surface area contributed by atoms with Crippen LogP contribution in [-0.4, -0.2) is 26.2 Å². The van der Waals surface area contributed by atoms with E-state index >= 15 is 0 Å². The van der Waals surface area contributed by atoms with Crippen LogP contribution in [0.1, 0.15) is 41.8 Å². The fourth-order valence-corrected chi connectivity index (χ4v) is 2.82. The molecule has 2 aromatic rings. The molecule has 0 saturated heterocycles. The van der Waals surface area contributed by atoms with Crippen LogP contribution < -0.4 is 14.8 Å². The van der Waals surface area contributed by atoms with Crippen molar-refractivity contribution in [3.63, 3.8) is 0 Å². The first-order valence-corrected chi connectivity index (χ1v) is 8.36. The zero-order chi connectivity index (χ0) is 17.8. The van der Waals surface area contributed by atoms with E-state index in [9.17, 15) is 4.79 Å². The summed E-state index contributed by atoms with van der Waals surface area (Å²) in [4.78, 5) is 12.5. The standard InChI is InChI=1S/C19H23NO5/c1-12(2)18(13-4-6-15-17(10-13)24-9-8-23-15)20-19(21)16-7-5-14(25-16)11-22-3/h4-7,10,12,18H,8-9,11H2,1-3H3,(H,20,21). The Hall–Kier alpha value is -2.47. The molecule has 0 fully saturated rings. The number of ether oxygens (including phenoxy) is 3. The van der Waals surface area contributed by atoms with E-state index in [1.54, 1.807) is 19.2 Å². The zero-order valence-corrected chi connectivity index (χ0v) is 14.7. The summed E-state index contributed by atoms with van der Waals surface area (Å²) in [6.45, 7) is 5.53. The van der Waals surface area contributed by atoms with E-state index in [1.807, 2.05) is 18.2 Å². The second-order valence-electron chi connectivity index (χ2n) is 6.30. The molecule has 0 bridgehead atoms. The van der Waals surface area contributed by atoms with Gasteiger partial charge in [0.2, 0.25) is 0 Å². The Morgan fingerprint density at radius 1 is 1.16 bits per heavy atom. The highest BCUT2D eigenvalue weighted by molar-refractivity contribution is 5.91. The van der Waals surface area contributed by atoms with Gasteiger partial charge in [0.15, 0.2) is 17.3 Å². The summed E-state index contributed by atoms with van der Waals surface area (Å²) < 4.78 is 21.7. The van der Waals surface area contributed by atoms with Gasteiger partial charge >= 0.3 is 0 Å². The van der Waals surface area contributed by atoms with Gasteiger partial charge in [-0.25, -0.2) is 0 Å². The van der Waals surface area contributed by atoms with Gasteiger partial charge in [-0.05, 0) is 35.7 Å². The predicted molar refractivity (Wildman–Crippen MR) is 91.9 cm³/mol. The highest BCUT2D eigenvalue weighted by atomic mass is 16.6. The van der Waals surface area contributed by atoms with Gasteiger partial charge in [0.25, 0.3) is 5.91 Å². The van der Waals surface area contributed by atoms with Gasteiger partial charge in [-0.3, -0.25) is 4.79 Å². The maximum Gasteiger partial charge on any atom is 0.287 e. The second-order valence-corrected chi connectivity index (χ2v) is 6.30. The smallest absolute Gasteiger partial charge is 0.287 e. The van der Waals surface area contributed by atoms with Crippen molar-refractivity contribution in [3.05, 3.63) is 47.4 Å². The molecule has 1 unspecified atom stereocenters. The van der Waals surface area contributed by atoms with Gasteiger partial charge in [0, 0.05) is 7.11 Å². The Kier molecular flexibility index (Phi) is 5.28. The maximum atomic E-state index is 12.5. The van der Waals surface area contributed by atoms with Crippen LogP contribution in [-0.2, 0) is 11.3 Å². The lowest BCUT2D eigenvalue weighted by Gasteiger charge is -2.25. The number of methoxy groups -OCH3 is 1. The zero-order valence-electron chi connectivity index (χ0n) is 14.7. The highest BCUT2D eigenvalue weighted by Crippen LogP contribution is 2.34. The summed E-state index contributed by atoms with van der Waals surface area (Å²) in [6, 6.07) is 9.00. The summed E-state index contributed by atoms with van der Waals surface area (Å²) in [5, 5.41) is 3.04. The molecule has 6 heteroatoms. The van der Waals surface area contributed by atoms with Crippen molar-refractivity contribution >= 4 is 5.91 Å². The maximum absolute atomic E-state index is 12.5. The molecule has 2 heterocycles. The first kappa shape index (κ1) is 17.4. The number of furan rings is 1. The van der Waals surface area contributed by atoms with Crippen molar-refractivity contribution in [2.75, 3.05) is 20.3 Å². The Bertz CT molecular complexity index is 737. The summed E-state index contributed by atoms with van der Waals surface area (Å²) in [6.07, 6.45) is 0. The largest absolute Gasteiger partial charge is 0.486 e. The Morgan fingerprint density at radius 2 is 1.92 bits per heavy atom. The molecule has 134 valence electrons. The molecular weight excluding hydrogens is 322 g/mol. The first-order chi connectivity index (χ1) is 12.1. The Morgan fingerprint density at radius 3 is 2.64 bits per heavy atom. The molecular formula is C19H23NO5. The molecule has 1 amide bonds. The first-order valence-electron chi connectivity index (χ1n) is 8.36. The molecule has 0 aliphatic carbocycles. The molecule has 0 saturated carbocycles. The number of fused-ring (bicyclic) bond motifs is 1. The third-order valence-electron chi connectivity index (χ3n) is 4.05. The molecule has 0 radical (unpaired) electrons. The Labute approximate surface area is 147 Å². The normalized spacial score (nSPS) is 14.4. The molecule has 0 spiro atoms. The van der Waals surface area contributed by atoms with Gasteiger partial charge in [-0.1, -0.05) is 19.9 Å². The molecule has 1 aromatic heterocycles. The van der Waals surface area contributed by atoms with Crippen LogP contribution in [0.15, 0.2) is 34.7 Å². The summed E-state index contributed by atoms with van der Waals surface area (Å²) in [5.74, 6) is 2.28. The van der Waals surface area contributed by atoms with Gasteiger partial charge in [0.05, 0.1) is 6.04 Å². The number of amides is 1. The van der Waals surface area contributed by atoms with Gasteiger partial charge in [-0.2, -0.15) is 0 Å². The van der Waals surface area contributed by atoms with E-state index in [4.69, 9.17) is 18.6 Å². The van der Waals surface area contributed by atoms with Crippen LogP contribution >= 0.6 is 0 Å². The molecule has 1 aromatic carbocycles. The molecule has 3 rings (SSSR count). The van der Waals surface area contributed by atoms with Crippen molar-refractivity contribution in [1.82, 2.24) is 5.32 Å². The van der Waals surface area contributed by atoms with E-state index in [-0.39, 0.29) is 23.6 Å². The lowest BCUT2D eigenvalue weighted by molar-refractivity contribution is 0.0888. The minimum Gasteiger partial charge on any atom is -0.486 e. The van der Waals surface area contributed by atoms with E-state index in [1.165, 1.54) is 0 Å². The van der Waals surface area contributed by atoms with Crippen LogP contribution in [0, 0.1) is 5.92 Å². The third-order valence-corrected chi connectivity index (χ3v) is 4.05. The Balaban J connectivity index is 1.77. The average Bonchev–Trinajstić information content (AvgIpc) is 3.08. The number of hydrogen-bond acceptors (Lipinski definition) is 5. The van der Waals surface area contributed by atoms with Gasteiger partial charge < -0.3 is 23.9 Å². The fourth-order valence-electron chi connectivity index (χ4n) is 2.82. The monoisotopic (exact) mass is 345 g/mol. The van der Waals surface area contributed by atoms with Crippen LogP contribution in [0.3, 0.4) is 0 Å². The molecule has 1 N–H and O–H groups in total. The van der Waals surface area contributed by atoms with E-state index in [2.05, 4.69) is 19.2 Å². The van der Waals surface area contributed by atoms with Crippen molar-refractivity contribution < 1.29 is 23.4 Å². The lowest BCUT2D eigenvalue weighted by Crippen LogP contribution is -2.31. The van der Waals surface area contributed by atoms with E-state index in [0.29, 0.717) is 31.3 Å². The van der Waals surface area contributed by atoms with Crippen molar-refractivity contribution in [1.29, 1.82) is 0 Å².